The van der Waals surface area contributed by atoms with Crippen molar-refractivity contribution in [2.75, 3.05) is 0 Å². The van der Waals surface area contributed by atoms with Crippen molar-refractivity contribution in [3.8, 4) is 11.4 Å². The normalized spacial score (nSPS) is 11.1. The Morgan fingerprint density at radius 1 is 1.05 bits per heavy atom. The van der Waals surface area contributed by atoms with E-state index in [1.54, 1.807) is 6.08 Å². The lowest BCUT2D eigenvalue weighted by Gasteiger charge is -1.95. The van der Waals surface area contributed by atoms with Gasteiger partial charge >= 0.3 is 0 Å². The minimum absolute atomic E-state index is 0.435. The SMILES string of the molecule is Clc1ccccc1/C=C/c1nc(-c2cccc(Br)c2)no1. The van der Waals surface area contributed by atoms with Crippen molar-refractivity contribution >= 4 is 39.7 Å². The quantitative estimate of drug-likeness (QED) is 0.633. The van der Waals surface area contributed by atoms with Gasteiger partial charge in [0.25, 0.3) is 5.89 Å². The Kier molecular flexibility index (Phi) is 4.18. The van der Waals surface area contributed by atoms with Crippen molar-refractivity contribution in [3.05, 3.63) is 69.5 Å². The summed E-state index contributed by atoms with van der Waals surface area (Å²) >= 11 is 9.51. The van der Waals surface area contributed by atoms with E-state index in [4.69, 9.17) is 16.1 Å². The van der Waals surface area contributed by atoms with E-state index in [-0.39, 0.29) is 0 Å². The van der Waals surface area contributed by atoms with Crippen molar-refractivity contribution in [1.82, 2.24) is 10.1 Å². The first-order chi connectivity index (χ1) is 10.2. The fourth-order valence-electron chi connectivity index (χ4n) is 1.82. The van der Waals surface area contributed by atoms with Crippen molar-refractivity contribution in [2.24, 2.45) is 0 Å². The Balaban J connectivity index is 1.84. The molecule has 3 aromatic rings. The zero-order valence-corrected chi connectivity index (χ0v) is 13.2. The van der Waals surface area contributed by atoms with Gasteiger partial charge in [-0.1, -0.05) is 63.0 Å². The zero-order chi connectivity index (χ0) is 14.7. The Morgan fingerprint density at radius 3 is 2.71 bits per heavy atom. The first-order valence-corrected chi connectivity index (χ1v) is 7.42. The smallest absolute Gasteiger partial charge is 0.250 e. The molecule has 0 atom stereocenters. The molecule has 5 heteroatoms. The molecule has 1 aromatic heterocycles. The second-order valence-corrected chi connectivity index (χ2v) is 5.64. The van der Waals surface area contributed by atoms with Gasteiger partial charge in [0.2, 0.25) is 5.82 Å². The number of hydrogen-bond donors (Lipinski definition) is 0. The van der Waals surface area contributed by atoms with Crippen LogP contribution in [0.1, 0.15) is 11.5 Å². The van der Waals surface area contributed by atoms with Crippen molar-refractivity contribution < 1.29 is 4.52 Å². The average Bonchev–Trinajstić information content (AvgIpc) is 2.95. The summed E-state index contributed by atoms with van der Waals surface area (Å²) in [6.45, 7) is 0. The van der Waals surface area contributed by atoms with Crippen LogP contribution < -0.4 is 0 Å². The fourth-order valence-corrected chi connectivity index (χ4v) is 2.42. The summed E-state index contributed by atoms with van der Waals surface area (Å²) in [5.41, 5.74) is 1.80. The summed E-state index contributed by atoms with van der Waals surface area (Å²) in [4.78, 5) is 4.34. The van der Waals surface area contributed by atoms with Crippen LogP contribution in [-0.4, -0.2) is 10.1 Å². The summed E-state index contributed by atoms with van der Waals surface area (Å²) in [6, 6.07) is 15.3. The van der Waals surface area contributed by atoms with Gasteiger partial charge in [-0.15, -0.1) is 0 Å². The number of halogens is 2. The monoisotopic (exact) mass is 360 g/mol. The molecule has 0 aliphatic rings. The highest BCUT2D eigenvalue weighted by Gasteiger charge is 2.06. The molecule has 0 unspecified atom stereocenters. The molecule has 0 radical (unpaired) electrons. The van der Waals surface area contributed by atoms with Gasteiger partial charge < -0.3 is 4.52 Å². The minimum atomic E-state index is 0.435. The number of aromatic nitrogens is 2. The first-order valence-electron chi connectivity index (χ1n) is 6.24. The maximum absolute atomic E-state index is 6.09. The van der Waals surface area contributed by atoms with E-state index < -0.39 is 0 Å². The molecule has 0 N–H and O–H groups in total. The number of benzene rings is 2. The van der Waals surface area contributed by atoms with Gasteiger partial charge in [-0.3, -0.25) is 0 Å². The third kappa shape index (κ3) is 3.40. The lowest BCUT2D eigenvalue weighted by molar-refractivity contribution is 0.411. The minimum Gasteiger partial charge on any atom is -0.334 e. The van der Waals surface area contributed by atoms with E-state index in [0.717, 1.165) is 15.6 Å². The number of nitrogens with zero attached hydrogens (tertiary/aromatic N) is 2. The van der Waals surface area contributed by atoms with Crippen molar-refractivity contribution in [3.63, 3.8) is 0 Å². The molecular formula is C16H10BrClN2O. The summed E-state index contributed by atoms with van der Waals surface area (Å²) < 4.78 is 6.18. The fraction of sp³-hybridized carbons (Fsp3) is 0. The summed E-state index contributed by atoms with van der Waals surface area (Å²) in [5, 5.41) is 4.65. The van der Waals surface area contributed by atoms with E-state index in [9.17, 15) is 0 Å². The molecule has 0 saturated heterocycles. The molecule has 104 valence electrons. The molecule has 0 fully saturated rings. The van der Waals surface area contributed by atoms with E-state index in [1.165, 1.54) is 0 Å². The molecule has 0 amide bonds. The summed E-state index contributed by atoms with van der Waals surface area (Å²) in [5.74, 6) is 0.986. The van der Waals surface area contributed by atoms with Crippen LogP contribution >= 0.6 is 27.5 Å². The Hall–Kier alpha value is -1.91. The highest BCUT2D eigenvalue weighted by atomic mass is 79.9. The predicted octanol–water partition coefficient (Wildman–Crippen LogP) is 5.32. The molecule has 0 aliphatic heterocycles. The van der Waals surface area contributed by atoms with E-state index >= 15 is 0 Å². The number of rotatable bonds is 3. The maximum atomic E-state index is 6.09. The molecule has 21 heavy (non-hydrogen) atoms. The molecule has 3 rings (SSSR count). The highest BCUT2D eigenvalue weighted by Crippen LogP contribution is 2.21. The number of hydrogen-bond acceptors (Lipinski definition) is 3. The largest absolute Gasteiger partial charge is 0.334 e. The molecule has 0 saturated carbocycles. The van der Waals surface area contributed by atoms with Crippen LogP contribution in [0.4, 0.5) is 0 Å². The van der Waals surface area contributed by atoms with Crippen LogP contribution in [0.5, 0.6) is 0 Å². The third-order valence-corrected chi connectivity index (χ3v) is 3.67. The lowest BCUT2D eigenvalue weighted by atomic mass is 10.2. The van der Waals surface area contributed by atoms with Gasteiger partial charge in [0.15, 0.2) is 0 Å². The van der Waals surface area contributed by atoms with Gasteiger partial charge in [-0.25, -0.2) is 0 Å². The second kappa shape index (κ2) is 6.24. The zero-order valence-electron chi connectivity index (χ0n) is 10.8. The van der Waals surface area contributed by atoms with Crippen LogP contribution in [0, 0.1) is 0 Å². The maximum Gasteiger partial charge on any atom is 0.250 e. The molecule has 0 aliphatic carbocycles. The van der Waals surface area contributed by atoms with Gasteiger partial charge in [-0.05, 0) is 29.8 Å². The van der Waals surface area contributed by atoms with Gasteiger partial charge in [0, 0.05) is 21.1 Å². The van der Waals surface area contributed by atoms with Crippen LogP contribution in [-0.2, 0) is 0 Å². The Bertz CT molecular complexity index is 798. The van der Waals surface area contributed by atoms with Crippen LogP contribution in [0.15, 0.2) is 57.5 Å². The summed E-state index contributed by atoms with van der Waals surface area (Å²) in [7, 11) is 0. The summed E-state index contributed by atoms with van der Waals surface area (Å²) in [6.07, 6.45) is 3.59. The Labute approximate surface area is 135 Å². The van der Waals surface area contributed by atoms with E-state index in [0.29, 0.717) is 16.7 Å². The van der Waals surface area contributed by atoms with Crippen molar-refractivity contribution in [2.45, 2.75) is 0 Å². The average molecular weight is 362 g/mol. The van der Waals surface area contributed by atoms with Crippen LogP contribution in [0.25, 0.3) is 23.5 Å². The van der Waals surface area contributed by atoms with Gasteiger partial charge in [-0.2, -0.15) is 4.98 Å². The molecule has 1 heterocycles. The molecule has 0 spiro atoms. The lowest BCUT2D eigenvalue weighted by Crippen LogP contribution is -1.80. The van der Waals surface area contributed by atoms with E-state index in [2.05, 4.69) is 26.1 Å². The van der Waals surface area contributed by atoms with Crippen molar-refractivity contribution in [1.29, 1.82) is 0 Å². The standard InChI is InChI=1S/C16H10BrClN2O/c17-13-6-3-5-12(10-13)16-19-15(21-20-16)9-8-11-4-1-2-7-14(11)18/h1-10H/b9-8+. The van der Waals surface area contributed by atoms with E-state index in [1.807, 2.05) is 54.6 Å². The second-order valence-electron chi connectivity index (χ2n) is 4.32. The molecule has 2 aromatic carbocycles. The van der Waals surface area contributed by atoms with Gasteiger partial charge in [0.1, 0.15) is 0 Å². The third-order valence-electron chi connectivity index (χ3n) is 2.84. The van der Waals surface area contributed by atoms with Gasteiger partial charge in [0.05, 0.1) is 0 Å². The predicted molar refractivity (Wildman–Crippen MR) is 87.8 cm³/mol. The topological polar surface area (TPSA) is 38.9 Å². The van der Waals surface area contributed by atoms with Crippen LogP contribution in [0.3, 0.4) is 0 Å². The molecule has 0 bridgehead atoms. The Morgan fingerprint density at radius 2 is 1.90 bits per heavy atom. The molecular weight excluding hydrogens is 352 g/mol. The van der Waals surface area contributed by atoms with Crippen LogP contribution in [0.2, 0.25) is 5.02 Å². The molecule has 3 nitrogen and oxygen atoms in total. The first kappa shape index (κ1) is 14.0. The highest BCUT2D eigenvalue weighted by molar-refractivity contribution is 9.10.